The van der Waals surface area contributed by atoms with E-state index in [0.717, 1.165) is 12.8 Å². The Kier molecular flexibility index (Phi) is 12.2. The number of hydrogen-bond acceptors (Lipinski definition) is 2. The number of hydrogen-bond donors (Lipinski definition) is 0. The summed E-state index contributed by atoms with van der Waals surface area (Å²) in [4.78, 5) is 12.9. The molecule has 3 unspecified atom stereocenters. The number of halogens is 2. The molecule has 0 aliphatic carbocycles. The molecule has 0 aliphatic heterocycles. The highest BCUT2D eigenvalue weighted by molar-refractivity contribution is 9.09. The Morgan fingerprint density at radius 3 is 2.48 bits per heavy atom. The van der Waals surface area contributed by atoms with Crippen molar-refractivity contribution in [3.8, 4) is 5.75 Å². The Hall–Kier alpha value is -0.610. The molecule has 0 spiro atoms. The maximum absolute atomic E-state index is 12.0. The van der Waals surface area contributed by atoms with Gasteiger partial charge in [0.05, 0.1) is 0 Å². The molecule has 0 fully saturated rings. The Bertz CT molecular complexity index is 500. The molecule has 2 nitrogen and oxygen atoms in total. The highest BCUT2D eigenvalue weighted by Gasteiger charge is 2.15. The number of para-hydroxylation sites is 1. The van der Waals surface area contributed by atoms with Crippen LogP contribution in [0.2, 0.25) is 0 Å². The van der Waals surface area contributed by atoms with Gasteiger partial charge in [0.1, 0.15) is 5.75 Å². The average molecular weight is 474 g/mol. The number of ether oxygens (including phenoxy) is 1. The summed E-state index contributed by atoms with van der Waals surface area (Å²) in [6.45, 7) is 4.38. The molecule has 0 aromatic heterocycles. The van der Waals surface area contributed by atoms with Crippen molar-refractivity contribution in [1.29, 1.82) is 0 Å². The smallest absolute Gasteiger partial charge is 0.335 e. The molecule has 0 heterocycles. The number of rotatable bonds is 12. The van der Waals surface area contributed by atoms with E-state index in [-0.39, 0.29) is 5.97 Å². The molecule has 25 heavy (non-hydrogen) atoms. The highest BCUT2D eigenvalue weighted by atomic mass is 79.9. The first-order valence-electron chi connectivity index (χ1n) is 9.24. The molecule has 0 radical (unpaired) electrons. The maximum Gasteiger partial charge on any atom is 0.335 e. The lowest BCUT2D eigenvalue weighted by atomic mass is 9.95. The van der Waals surface area contributed by atoms with Crippen LogP contribution >= 0.6 is 31.9 Å². The van der Waals surface area contributed by atoms with Crippen molar-refractivity contribution in [2.75, 3.05) is 0 Å². The summed E-state index contributed by atoms with van der Waals surface area (Å²) >= 11 is 7.45. The predicted molar refractivity (Wildman–Crippen MR) is 114 cm³/mol. The minimum atomic E-state index is -0.313. The first kappa shape index (κ1) is 22.4. The highest BCUT2D eigenvalue weighted by Crippen LogP contribution is 2.25. The van der Waals surface area contributed by atoms with Crippen LogP contribution in [0.1, 0.15) is 58.8 Å². The van der Waals surface area contributed by atoms with Crippen LogP contribution in [0.4, 0.5) is 0 Å². The van der Waals surface area contributed by atoms with Crippen molar-refractivity contribution < 1.29 is 9.53 Å². The Balaban J connectivity index is 2.49. The zero-order chi connectivity index (χ0) is 18.5. The molecule has 0 saturated carbocycles. The SMILES string of the molecule is CCCCCCC(Br)CC(C=CC(=O)Oc1ccccc1)CC(C)Br. The molecule has 1 rings (SSSR count). The molecule has 0 bridgehead atoms. The number of esters is 1. The first-order valence-corrected chi connectivity index (χ1v) is 11.1. The lowest BCUT2D eigenvalue weighted by Crippen LogP contribution is -2.12. The number of carbonyl (C=O) groups is 1. The van der Waals surface area contributed by atoms with Gasteiger partial charge in [-0.05, 0) is 37.3 Å². The van der Waals surface area contributed by atoms with Gasteiger partial charge in [-0.2, -0.15) is 0 Å². The molecule has 0 aliphatic rings. The predicted octanol–water partition coefficient (Wildman–Crippen LogP) is 7.06. The molecule has 3 atom stereocenters. The third kappa shape index (κ3) is 11.6. The number of carbonyl (C=O) groups excluding carboxylic acids is 1. The van der Waals surface area contributed by atoms with E-state index >= 15 is 0 Å². The lowest BCUT2D eigenvalue weighted by molar-refractivity contribution is -0.129. The summed E-state index contributed by atoms with van der Waals surface area (Å²) in [7, 11) is 0. The Labute approximate surface area is 169 Å². The molecule has 0 amide bonds. The van der Waals surface area contributed by atoms with Gasteiger partial charge in [0.25, 0.3) is 0 Å². The van der Waals surface area contributed by atoms with E-state index in [0.29, 0.717) is 21.3 Å². The van der Waals surface area contributed by atoms with E-state index in [9.17, 15) is 4.79 Å². The van der Waals surface area contributed by atoms with Gasteiger partial charge in [-0.1, -0.05) is 95.7 Å². The second-order valence-corrected chi connectivity index (χ2v) is 9.41. The van der Waals surface area contributed by atoms with Crippen molar-refractivity contribution in [3.63, 3.8) is 0 Å². The van der Waals surface area contributed by atoms with Crippen molar-refractivity contribution in [2.24, 2.45) is 5.92 Å². The van der Waals surface area contributed by atoms with Crippen LogP contribution in [0.5, 0.6) is 5.75 Å². The van der Waals surface area contributed by atoms with Gasteiger partial charge >= 0.3 is 5.97 Å². The normalized spacial score (nSPS) is 15.0. The molecule has 4 heteroatoms. The summed E-state index contributed by atoms with van der Waals surface area (Å²) in [6.07, 6.45) is 12.0. The minimum absolute atomic E-state index is 0.313. The molecular weight excluding hydrogens is 444 g/mol. The van der Waals surface area contributed by atoms with Crippen LogP contribution in [0.15, 0.2) is 42.5 Å². The van der Waals surface area contributed by atoms with Gasteiger partial charge in [-0.15, -0.1) is 0 Å². The lowest BCUT2D eigenvalue weighted by Gasteiger charge is -2.18. The second-order valence-electron chi connectivity index (χ2n) is 6.55. The molecule has 0 N–H and O–H groups in total. The zero-order valence-electron chi connectivity index (χ0n) is 15.3. The van der Waals surface area contributed by atoms with E-state index in [2.05, 4.69) is 45.7 Å². The molecule has 0 saturated heterocycles. The van der Waals surface area contributed by atoms with Crippen LogP contribution in [0.25, 0.3) is 0 Å². The molecule has 1 aromatic rings. The van der Waals surface area contributed by atoms with Gasteiger partial charge in [0.15, 0.2) is 0 Å². The van der Waals surface area contributed by atoms with E-state index < -0.39 is 0 Å². The minimum Gasteiger partial charge on any atom is -0.423 e. The fourth-order valence-electron chi connectivity index (χ4n) is 2.76. The summed E-state index contributed by atoms with van der Waals surface area (Å²) < 4.78 is 5.32. The summed E-state index contributed by atoms with van der Waals surface area (Å²) in [5.41, 5.74) is 0. The summed E-state index contributed by atoms with van der Waals surface area (Å²) in [5, 5.41) is 0. The van der Waals surface area contributed by atoms with Crippen LogP contribution in [0.3, 0.4) is 0 Å². The van der Waals surface area contributed by atoms with Crippen molar-refractivity contribution in [3.05, 3.63) is 42.5 Å². The number of benzene rings is 1. The quantitative estimate of drug-likeness (QED) is 0.107. The van der Waals surface area contributed by atoms with E-state index in [1.54, 1.807) is 18.2 Å². The largest absolute Gasteiger partial charge is 0.423 e. The Morgan fingerprint density at radius 2 is 1.84 bits per heavy atom. The van der Waals surface area contributed by atoms with Crippen LogP contribution in [-0.2, 0) is 4.79 Å². The summed E-state index contributed by atoms with van der Waals surface area (Å²) in [5.74, 6) is 0.623. The van der Waals surface area contributed by atoms with Crippen LogP contribution < -0.4 is 4.74 Å². The molecule has 1 aromatic carbocycles. The monoisotopic (exact) mass is 472 g/mol. The molecule has 140 valence electrons. The second kappa shape index (κ2) is 13.6. The van der Waals surface area contributed by atoms with E-state index in [4.69, 9.17) is 4.74 Å². The van der Waals surface area contributed by atoms with Crippen molar-refractivity contribution in [1.82, 2.24) is 0 Å². The topological polar surface area (TPSA) is 26.3 Å². The van der Waals surface area contributed by atoms with Crippen molar-refractivity contribution in [2.45, 2.75) is 68.4 Å². The average Bonchev–Trinajstić information content (AvgIpc) is 2.57. The maximum atomic E-state index is 12.0. The fraction of sp³-hybridized carbons (Fsp3) is 0.571. The molecular formula is C21H30Br2O2. The zero-order valence-corrected chi connectivity index (χ0v) is 18.5. The Morgan fingerprint density at radius 1 is 1.12 bits per heavy atom. The van der Waals surface area contributed by atoms with Gasteiger partial charge < -0.3 is 4.74 Å². The fourth-order valence-corrected chi connectivity index (χ4v) is 4.05. The first-order chi connectivity index (χ1) is 12.0. The number of allylic oxidation sites excluding steroid dienone is 1. The summed E-state index contributed by atoms with van der Waals surface area (Å²) in [6, 6.07) is 9.19. The van der Waals surface area contributed by atoms with Crippen molar-refractivity contribution >= 4 is 37.8 Å². The number of alkyl halides is 2. The van der Waals surface area contributed by atoms with Gasteiger partial charge in [-0.25, -0.2) is 4.79 Å². The van der Waals surface area contributed by atoms with Gasteiger partial charge in [-0.3, -0.25) is 0 Å². The van der Waals surface area contributed by atoms with Crippen LogP contribution in [-0.4, -0.2) is 15.6 Å². The van der Waals surface area contributed by atoms with E-state index in [1.165, 1.54) is 32.1 Å². The van der Waals surface area contributed by atoms with E-state index in [1.807, 2.05) is 24.3 Å². The van der Waals surface area contributed by atoms with Gasteiger partial charge in [0.2, 0.25) is 0 Å². The van der Waals surface area contributed by atoms with Crippen LogP contribution in [0, 0.1) is 5.92 Å². The third-order valence-corrected chi connectivity index (χ3v) is 5.23. The standard InChI is InChI=1S/C21H30Br2O2/c1-3-4-5-7-10-19(23)16-18(15-17(2)22)13-14-21(24)25-20-11-8-6-9-12-20/h6,8-9,11-14,17-19H,3-5,7,10,15-16H2,1-2H3. The van der Waals surface area contributed by atoms with Gasteiger partial charge in [0, 0.05) is 15.7 Å². The third-order valence-electron chi connectivity index (χ3n) is 4.02. The number of unbranched alkanes of at least 4 members (excludes halogenated alkanes) is 3.